The molecular weight excluding hydrogens is 280 g/mol. The lowest BCUT2D eigenvalue weighted by Crippen LogP contribution is -2.16. The zero-order chi connectivity index (χ0) is 13.0. The fraction of sp³-hybridized carbons (Fsp3) is 0.333. The zero-order valence-electron chi connectivity index (χ0n) is 10.1. The number of anilines is 1. The number of thiazole rings is 1. The highest BCUT2D eigenvalue weighted by atomic mass is 35.5. The van der Waals surface area contributed by atoms with Crippen molar-refractivity contribution in [2.45, 2.75) is 0 Å². The van der Waals surface area contributed by atoms with E-state index in [2.05, 4.69) is 26.7 Å². The summed E-state index contributed by atoms with van der Waals surface area (Å²) in [5, 5.41) is 13.4. The Morgan fingerprint density at radius 1 is 1.56 bits per heavy atom. The van der Waals surface area contributed by atoms with E-state index in [1.165, 1.54) is 18.4 Å². The molecule has 0 saturated carbocycles. The number of aliphatic carboxylic acids is 1. The van der Waals surface area contributed by atoms with E-state index in [9.17, 15) is 4.79 Å². The summed E-state index contributed by atoms with van der Waals surface area (Å²) >= 11 is 1.23. The fourth-order valence-electron chi connectivity index (χ4n) is 1.03. The predicted molar refractivity (Wildman–Crippen MR) is 74.1 cm³/mol. The molecule has 0 fully saturated rings. The average molecular weight is 293 g/mol. The van der Waals surface area contributed by atoms with Gasteiger partial charge in [-0.2, -0.15) is 0 Å². The van der Waals surface area contributed by atoms with Crippen LogP contribution in [0.4, 0.5) is 10.1 Å². The first-order valence-corrected chi connectivity index (χ1v) is 5.32. The molecule has 0 radical (unpaired) electrons. The maximum Gasteiger partial charge on any atom is 0.360 e. The second kappa shape index (κ2) is 6.92. The van der Waals surface area contributed by atoms with E-state index in [0.29, 0.717) is 10.1 Å². The van der Waals surface area contributed by atoms with Crippen molar-refractivity contribution in [3.8, 4) is 0 Å². The summed E-state index contributed by atoms with van der Waals surface area (Å²) in [7, 11) is 4.86. The Bertz CT molecular complexity index is 472. The molecule has 0 bridgehead atoms. The number of carboxylic acid groups (broad SMARTS) is 1. The number of oxime groups is 1. The molecule has 1 rings (SSSR count). The number of hydrogen-bond acceptors (Lipinski definition) is 7. The van der Waals surface area contributed by atoms with Crippen molar-refractivity contribution < 1.29 is 14.7 Å². The van der Waals surface area contributed by atoms with Gasteiger partial charge < -0.3 is 14.8 Å². The fourth-order valence-corrected chi connectivity index (χ4v) is 1.82. The number of carbonyl (C=O) groups is 1. The van der Waals surface area contributed by atoms with Crippen molar-refractivity contribution in [2.24, 2.45) is 10.1 Å². The van der Waals surface area contributed by atoms with Gasteiger partial charge in [0.25, 0.3) is 0 Å². The van der Waals surface area contributed by atoms with Crippen molar-refractivity contribution in [1.29, 1.82) is 0 Å². The summed E-state index contributed by atoms with van der Waals surface area (Å²) in [6, 6.07) is 0. The highest BCUT2D eigenvalue weighted by molar-refractivity contribution is 7.19. The van der Waals surface area contributed by atoms with E-state index in [1.54, 1.807) is 19.0 Å². The summed E-state index contributed by atoms with van der Waals surface area (Å²) in [5.74, 6) is -1.23. The van der Waals surface area contributed by atoms with E-state index >= 15 is 0 Å². The van der Waals surface area contributed by atoms with Gasteiger partial charge in [0.05, 0.1) is 0 Å². The number of carboxylic acids is 1. The van der Waals surface area contributed by atoms with Crippen LogP contribution in [-0.2, 0) is 9.63 Å². The third-order valence-corrected chi connectivity index (χ3v) is 2.89. The van der Waals surface area contributed by atoms with Crippen LogP contribution in [0.3, 0.4) is 0 Å². The number of hydrogen-bond donors (Lipinski definition) is 1. The monoisotopic (exact) mass is 292 g/mol. The van der Waals surface area contributed by atoms with Crippen LogP contribution in [0.25, 0.3) is 0 Å². The molecule has 18 heavy (non-hydrogen) atoms. The molecule has 0 spiro atoms. The van der Waals surface area contributed by atoms with Gasteiger partial charge in [0, 0.05) is 14.1 Å². The average Bonchev–Trinajstić information content (AvgIpc) is 2.69. The molecule has 0 aliphatic heterocycles. The van der Waals surface area contributed by atoms with Crippen LogP contribution < -0.4 is 4.90 Å². The van der Waals surface area contributed by atoms with Crippen molar-refractivity contribution in [2.75, 3.05) is 26.1 Å². The molecule has 1 N–H and O–H groups in total. The summed E-state index contributed by atoms with van der Waals surface area (Å²) < 4.78 is 0. The Labute approximate surface area is 114 Å². The maximum absolute atomic E-state index is 11.0. The molecule has 1 heterocycles. The van der Waals surface area contributed by atoms with Gasteiger partial charge in [0.2, 0.25) is 5.71 Å². The van der Waals surface area contributed by atoms with E-state index < -0.39 is 5.97 Å². The van der Waals surface area contributed by atoms with Gasteiger partial charge in [-0.15, -0.1) is 12.4 Å². The molecule has 0 aliphatic rings. The number of halogens is 1. The van der Waals surface area contributed by atoms with Gasteiger partial charge in [-0.3, -0.25) is 4.99 Å². The normalized spacial score (nSPS) is 10.5. The first-order chi connectivity index (χ1) is 8.01. The molecule has 0 amide bonds. The largest absolute Gasteiger partial charge is 0.476 e. The quantitative estimate of drug-likeness (QED) is 0.655. The molecule has 7 nitrogen and oxygen atoms in total. The molecule has 1 aromatic heterocycles. The predicted octanol–water partition coefficient (Wildman–Crippen LogP) is 1.40. The molecule has 0 aliphatic carbocycles. The first kappa shape index (κ1) is 16.3. The van der Waals surface area contributed by atoms with Crippen LogP contribution >= 0.6 is 23.7 Å². The standard InChI is InChI=1S/C9H12N4O3S.ClH/c1-10-7-5(6(8(14)15)12-16-4)11-9(17-7)13(2)3;/h1H2,2-4H3,(H,14,15);1H. The third-order valence-electron chi connectivity index (χ3n) is 1.73. The molecule has 0 unspecified atom stereocenters. The van der Waals surface area contributed by atoms with Gasteiger partial charge >= 0.3 is 5.97 Å². The van der Waals surface area contributed by atoms with Crippen LogP contribution in [0.15, 0.2) is 10.1 Å². The van der Waals surface area contributed by atoms with Gasteiger partial charge in [-0.1, -0.05) is 16.5 Å². The van der Waals surface area contributed by atoms with Gasteiger partial charge in [-0.05, 0) is 6.72 Å². The highest BCUT2D eigenvalue weighted by Crippen LogP contribution is 2.32. The van der Waals surface area contributed by atoms with Crippen LogP contribution in [0.1, 0.15) is 5.69 Å². The Balaban J connectivity index is 0.00000289. The van der Waals surface area contributed by atoms with Crippen molar-refractivity contribution in [3.05, 3.63) is 5.69 Å². The molecule has 0 atom stereocenters. The van der Waals surface area contributed by atoms with E-state index in [-0.39, 0.29) is 23.8 Å². The molecule has 0 saturated heterocycles. The van der Waals surface area contributed by atoms with Gasteiger partial charge in [0.1, 0.15) is 17.8 Å². The maximum atomic E-state index is 11.0. The SMILES string of the molecule is C=Nc1sc(N(C)C)nc1C(=NOC)C(=O)O.Cl. The minimum atomic E-state index is -1.23. The van der Waals surface area contributed by atoms with Crippen LogP contribution in [0.5, 0.6) is 0 Å². The summed E-state index contributed by atoms with van der Waals surface area (Å²) in [6.45, 7) is 3.38. The summed E-state index contributed by atoms with van der Waals surface area (Å²) in [4.78, 5) is 25.1. The van der Waals surface area contributed by atoms with Crippen LogP contribution in [-0.4, -0.2) is 49.7 Å². The number of aliphatic imine (C=N–C) groups is 1. The van der Waals surface area contributed by atoms with Crippen molar-refractivity contribution in [1.82, 2.24) is 4.98 Å². The van der Waals surface area contributed by atoms with E-state index in [4.69, 9.17) is 5.11 Å². The lowest BCUT2D eigenvalue weighted by Gasteiger charge is -2.05. The number of rotatable bonds is 5. The Hall–Kier alpha value is -1.67. The molecular formula is C9H13ClN4O3S. The Morgan fingerprint density at radius 3 is 2.56 bits per heavy atom. The summed E-state index contributed by atoms with van der Waals surface area (Å²) in [5.41, 5.74) is -0.137. The first-order valence-electron chi connectivity index (χ1n) is 4.51. The smallest absolute Gasteiger partial charge is 0.360 e. The number of aromatic nitrogens is 1. The molecule has 100 valence electrons. The molecule has 0 aromatic carbocycles. The van der Waals surface area contributed by atoms with Crippen LogP contribution in [0, 0.1) is 0 Å². The second-order valence-corrected chi connectivity index (χ2v) is 4.09. The minimum absolute atomic E-state index is 0. The molecule has 9 heteroatoms. The Kier molecular flexibility index (Phi) is 6.28. The number of nitrogens with zero attached hydrogens (tertiary/aromatic N) is 4. The van der Waals surface area contributed by atoms with Crippen molar-refractivity contribution >= 4 is 52.3 Å². The van der Waals surface area contributed by atoms with E-state index in [1.807, 2.05) is 0 Å². The van der Waals surface area contributed by atoms with Crippen LogP contribution in [0.2, 0.25) is 0 Å². The topological polar surface area (TPSA) is 87.4 Å². The lowest BCUT2D eigenvalue weighted by molar-refractivity contribution is -0.129. The summed E-state index contributed by atoms with van der Waals surface area (Å²) in [6.07, 6.45) is 0. The van der Waals surface area contributed by atoms with Gasteiger partial charge in [0.15, 0.2) is 5.13 Å². The van der Waals surface area contributed by atoms with Crippen molar-refractivity contribution in [3.63, 3.8) is 0 Å². The van der Waals surface area contributed by atoms with Gasteiger partial charge in [-0.25, -0.2) is 9.78 Å². The molecule has 1 aromatic rings. The van der Waals surface area contributed by atoms with E-state index in [0.717, 1.165) is 0 Å². The minimum Gasteiger partial charge on any atom is -0.476 e. The Morgan fingerprint density at radius 2 is 2.17 bits per heavy atom. The second-order valence-electron chi connectivity index (χ2n) is 3.13. The highest BCUT2D eigenvalue weighted by Gasteiger charge is 2.23. The third kappa shape index (κ3) is 3.41. The zero-order valence-corrected chi connectivity index (χ0v) is 11.7. The lowest BCUT2D eigenvalue weighted by atomic mass is 10.3.